The van der Waals surface area contributed by atoms with E-state index in [9.17, 15) is 0 Å². The number of aryl methyl sites for hydroxylation is 1. The minimum Gasteiger partial charge on any atom is -0.494 e. The van der Waals surface area contributed by atoms with Crippen LogP contribution in [0.5, 0.6) is 5.75 Å². The van der Waals surface area contributed by atoms with Crippen molar-refractivity contribution in [2.45, 2.75) is 33.9 Å². The van der Waals surface area contributed by atoms with Gasteiger partial charge in [0.05, 0.1) is 13.2 Å². The van der Waals surface area contributed by atoms with Crippen molar-refractivity contribution in [2.24, 2.45) is 4.99 Å². The first-order valence-corrected chi connectivity index (χ1v) is 9.89. The largest absolute Gasteiger partial charge is 0.494 e. The Kier molecular flexibility index (Phi) is 9.59. The third-order valence-electron chi connectivity index (χ3n) is 4.36. The average molecular weight is 520 g/mol. The number of benzene rings is 1. The maximum Gasteiger partial charge on any atom is 0.191 e. The Morgan fingerprint density at radius 2 is 1.93 bits per heavy atom. The van der Waals surface area contributed by atoms with Crippen LogP contribution in [-0.2, 0) is 13.1 Å². The van der Waals surface area contributed by atoms with Crippen molar-refractivity contribution in [1.29, 1.82) is 0 Å². The molecule has 0 radical (unpaired) electrons. The first-order chi connectivity index (χ1) is 14.2. The van der Waals surface area contributed by atoms with Gasteiger partial charge in [-0.2, -0.15) is 0 Å². The number of aromatic nitrogens is 3. The summed E-state index contributed by atoms with van der Waals surface area (Å²) in [7, 11) is 0. The van der Waals surface area contributed by atoms with Gasteiger partial charge in [0.15, 0.2) is 5.96 Å². The smallest absolute Gasteiger partial charge is 0.191 e. The number of hydrogen-bond donors (Lipinski definition) is 2. The molecule has 2 heterocycles. The normalized spacial score (nSPS) is 11.0. The molecule has 3 rings (SSSR count). The molecule has 0 aliphatic carbocycles. The predicted octanol–water partition coefficient (Wildman–Crippen LogP) is 3.85. The molecule has 0 atom stereocenters. The van der Waals surface area contributed by atoms with Gasteiger partial charge < -0.3 is 15.4 Å². The molecule has 7 nitrogen and oxygen atoms in total. The summed E-state index contributed by atoms with van der Waals surface area (Å²) in [6, 6.07) is 12.1. The van der Waals surface area contributed by atoms with Crippen LogP contribution in [0.1, 0.15) is 30.8 Å². The highest BCUT2D eigenvalue weighted by Gasteiger charge is 2.05. The lowest BCUT2D eigenvalue weighted by Crippen LogP contribution is -2.36. The van der Waals surface area contributed by atoms with E-state index in [1.54, 1.807) is 6.20 Å². The summed E-state index contributed by atoms with van der Waals surface area (Å²) in [6.45, 7) is 8.61. The van der Waals surface area contributed by atoms with E-state index in [0.29, 0.717) is 19.7 Å². The Labute approximate surface area is 195 Å². The molecule has 160 valence electrons. The second kappa shape index (κ2) is 12.2. The van der Waals surface area contributed by atoms with Crippen LogP contribution in [0.4, 0.5) is 0 Å². The molecule has 0 spiro atoms. The van der Waals surface area contributed by atoms with Gasteiger partial charge in [0, 0.05) is 37.2 Å². The molecule has 2 aromatic heterocycles. The maximum atomic E-state index is 5.69. The second-order valence-electron chi connectivity index (χ2n) is 6.46. The zero-order valence-corrected chi connectivity index (χ0v) is 20.0. The minimum absolute atomic E-state index is 0. The number of guanidine groups is 1. The number of nitrogens with zero attached hydrogens (tertiary/aromatic N) is 4. The van der Waals surface area contributed by atoms with Crippen molar-refractivity contribution in [3.8, 4) is 11.6 Å². The number of halogens is 1. The van der Waals surface area contributed by atoms with Crippen LogP contribution < -0.4 is 15.4 Å². The molecule has 3 aromatic rings. The zero-order chi connectivity index (χ0) is 20.5. The van der Waals surface area contributed by atoms with Crippen LogP contribution in [0.2, 0.25) is 0 Å². The molecule has 0 aliphatic heterocycles. The molecule has 0 unspecified atom stereocenters. The molecule has 30 heavy (non-hydrogen) atoms. The van der Waals surface area contributed by atoms with Gasteiger partial charge in [-0.25, -0.2) is 15.0 Å². The third-order valence-corrected chi connectivity index (χ3v) is 4.36. The lowest BCUT2D eigenvalue weighted by molar-refractivity contribution is 0.336. The summed E-state index contributed by atoms with van der Waals surface area (Å²) < 4.78 is 7.65. The van der Waals surface area contributed by atoms with E-state index in [1.807, 2.05) is 61.1 Å². The van der Waals surface area contributed by atoms with E-state index in [2.05, 4.69) is 38.6 Å². The Morgan fingerprint density at radius 1 is 1.10 bits per heavy atom. The van der Waals surface area contributed by atoms with Gasteiger partial charge in [-0.05, 0) is 38.5 Å². The summed E-state index contributed by atoms with van der Waals surface area (Å²) in [5.74, 6) is 3.42. The summed E-state index contributed by atoms with van der Waals surface area (Å²) in [5, 5.41) is 6.65. The number of rotatable bonds is 8. The van der Waals surface area contributed by atoms with E-state index in [-0.39, 0.29) is 24.0 Å². The SMILES string of the molecule is CCNC(=NCc1ccc(-n2ccnc2C)nc1)NCc1ccccc1OCC.I. The first kappa shape index (κ1) is 23.7. The van der Waals surface area contributed by atoms with Crippen LogP contribution in [0.3, 0.4) is 0 Å². The van der Waals surface area contributed by atoms with E-state index in [0.717, 1.165) is 41.0 Å². The molecule has 1 aromatic carbocycles. The summed E-state index contributed by atoms with van der Waals surface area (Å²) in [6.07, 6.45) is 5.53. The first-order valence-electron chi connectivity index (χ1n) is 9.89. The number of hydrogen-bond acceptors (Lipinski definition) is 4. The molecule has 0 aliphatic rings. The van der Waals surface area contributed by atoms with Crippen molar-refractivity contribution in [2.75, 3.05) is 13.2 Å². The number of imidazole rings is 1. The minimum atomic E-state index is 0. The Bertz CT molecular complexity index is 939. The fourth-order valence-electron chi connectivity index (χ4n) is 2.91. The zero-order valence-electron chi connectivity index (χ0n) is 17.6. The van der Waals surface area contributed by atoms with Crippen molar-refractivity contribution >= 4 is 29.9 Å². The highest BCUT2D eigenvalue weighted by atomic mass is 127. The van der Waals surface area contributed by atoms with Crippen LogP contribution in [0, 0.1) is 6.92 Å². The van der Waals surface area contributed by atoms with Gasteiger partial charge in [-0.3, -0.25) is 4.57 Å². The van der Waals surface area contributed by atoms with Crippen molar-refractivity contribution in [3.63, 3.8) is 0 Å². The summed E-state index contributed by atoms with van der Waals surface area (Å²) in [4.78, 5) is 13.4. The van der Waals surface area contributed by atoms with Crippen LogP contribution in [0.25, 0.3) is 5.82 Å². The van der Waals surface area contributed by atoms with E-state index in [1.165, 1.54) is 0 Å². The van der Waals surface area contributed by atoms with Gasteiger partial charge in [-0.15, -0.1) is 24.0 Å². The molecule has 0 bridgehead atoms. The lowest BCUT2D eigenvalue weighted by Gasteiger charge is -2.14. The highest BCUT2D eigenvalue weighted by Crippen LogP contribution is 2.17. The fourth-order valence-corrected chi connectivity index (χ4v) is 2.91. The van der Waals surface area contributed by atoms with E-state index >= 15 is 0 Å². The number of ether oxygens (including phenoxy) is 1. The predicted molar refractivity (Wildman–Crippen MR) is 131 cm³/mol. The molecular formula is C22H29IN6O. The topological polar surface area (TPSA) is 76.4 Å². The third kappa shape index (κ3) is 6.45. The molecule has 0 amide bonds. The summed E-state index contributed by atoms with van der Waals surface area (Å²) >= 11 is 0. The number of nitrogens with one attached hydrogen (secondary N) is 2. The van der Waals surface area contributed by atoms with Crippen molar-refractivity contribution < 1.29 is 4.74 Å². The molecular weight excluding hydrogens is 491 g/mol. The number of pyridine rings is 1. The number of para-hydroxylation sites is 1. The number of aliphatic imine (C=N–C) groups is 1. The van der Waals surface area contributed by atoms with Gasteiger partial charge in [0.1, 0.15) is 17.4 Å². The van der Waals surface area contributed by atoms with Gasteiger partial charge in [-0.1, -0.05) is 24.3 Å². The van der Waals surface area contributed by atoms with Gasteiger partial charge >= 0.3 is 0 Å². The van der Waals surface area contributed by atoms with E-state index < -0.39 is 0 Å². The fraction of sp³-hybridized carbons (Fsp3) is 0.318. The molecule has 8 heteroatoms. The second-order valence-corrected chi connectivity index (χ2v) is 6.46. The van der Waals surface area contributed by atoms with Crippen LogP contribution >= 0.6 is 24.0 Å². The monoisotopic (exact) mass is 520 g/mol. The Morgan fingerprint density at radius 3 is 2.60 bits per heavy atom. The molecule has 0 fully saturated rings. The highest BCUT2D eigenvalue weighted by molar-refractivity contribution is 14.0. The standard InChI is InChI=1S/C22H28N6O.HI/c1-4-23-22(27-16-19-8-6-7-9-20(19)29-5-2)26-15-18-10-11-21(25-14-18)28-13-12-24-17(28)3;/h6-14H,4-5,15-16H2,1-3H3,(H2,23,26,27);1H. The Balaban J connectivity index is 0.00000320. The average Bonchev–Trinajstić information content (AvgIpc) is 3.17. The molecule has 0 saturated carbocycles. The lowest BCUT2D eigenvalue weighted by atomic mass is 10.2. The van der Waals surface area contributed by atoms with Gasteiger partial charge in [0.2, 0.25) is 0 Å². The van der Waals surface area contributed by atoms with Gasteiger partial charge in [0.25, 0.3) is 0 Å². The molecule has 2 N–H and O–H groups in total. The van der Waals surface area contributed by atoms with Crippen molar-refractivity contribution in [3.05, 3.63) is 71.9 Å². The quantitative estimate of drug-likeness (QED) is 0.268. The maximum absolute atomic E-state index is 5.69. The summed E-state index contributed by atoms with van der Waals surface area (Å²) in [5.41, 5.74) is 2.14. The van der Waals surface area contributed by atoms with E-state index in [4.69, 9.17) is 4.74 Å². The van der Waals surface area contributed by atoms with Crippen LogP contribution in [-0.4, -0.2) is 33.6 Å². The van der Waals surface area contributed by atoms with Crippen LogP contribution in [0.15, 0.2) is 60.0 Å². The molecule has 0 saturated heterocycles. The Hall–Kier alpha value is -2.62. The van der Waals surface area contributed by atoms with Crippen molar-refractivity contribution in [1.82, 2.24) is 25.2 Å².